The minimum absolute atomic E-state index is 0. The van der Waals surface area contributed by atoms with Crippen LogP contribution in [0.3, 0.4) is 0 Å². The molecule has 0 aromatic rings. The predicted octanol–water partition coefficient (Wildman–Crippen LogP) is -1.56. The van der Waals surface area contributed by atoms with E-state index in [2.05, 4.69) is 11.1 Å². The van der Waals surface area contributed by atoms with E-state index >= 15 is 0 Å². The summed E-state index contributed by atoms with van der Waals surface area (Å²) in [6, 6.07) is 0. The fourth-order valence-electron chi connectivity index (χ4n) is 0.867. The molecule has 0 spiro atoms. The minimum Gasteiger partial charge on any atom is -0.726 e. The van der Waals surface area contributed by atoms with Crippen molar-refractivity contribution in [2.45, 2.75) is 39.0 Å². The largest absolute Gasteiger partial charge is 1.00 e. The van der Waals surface area contributed by atoms with E-state index in [0.717, 1.165) is 25.7 Å². The Morgan fingerprint density at radius 2 is 1.69 bits per heavy atom. The molecule has 0 rings (SSSR count). The summed E-state index contributed by atoms with van der Waals surface area (Å²) in [7, 11) is -4.47. The fraction of sp³-hybridized carbons (Fsp3) is 1.00. The number of hydrogen-bond acceptors (Lipinski definition) is 4. The Kier molecular flexibility index (Phi) is 11.1. The first-order chi connectivity index (χ1) is 5.56. The molecule has 0 heterocycles. The third kappa shape index (κ3) is 15.2. The molecule has 0 aliphatic rings. The van der Waals surface area contributed by atoms with E-state index in [9.17, 15) is 13.0 Å². The molecule has 0 unspecified atom stereocenters. The van der Waals surface area contributed by atoms with Crippen molar-refractivity contribution in [2.24, 2.45) is 0 Å². The molecule has 74 valence electrons. The molecule has 0 aromatic carbocycles. The van der Waals surface area contributed by atoms with Gasteiger partial charge in [0.25, 0.3) is 0 Å². The first-order valence-corrected chi connectivity index (χ1v) is 5.50. The molecular weight excluding hydrogens is 187 g/mol. The first kappa shape index (κ1) is 15.9. The van der Waals surface area contributed by atoms with Crippen molar-refractivity contribution in [2.75, 3.05) is 6.61 Å². The second-order valence-electron chi connectivity index (χ2n) is 2.64. The van der Waals surface area contributed by atoms with Crippen LogP contribution in [0.25, 0.3) is 0 Å². The van der Waals surface area contributed by atoms with Gasteiger partial charge in [0.2, 0.25) is 10.4 Å². The summed E-state index contributed by atoms with van der Waals surface area (Å²) in [4.78, 5) is 0. The van der Waals surface area contributed by atoms with E-state index in [4.69, 9.17) is 0 Å². The van der Waals surface area contributed by atoms with Crippen molar-refractivity contribution < 1.29 is 36.0 Å². The van der Waals surface area contributed by atoms with Crippen molar-refractivity contribution in [3.63, 3.8) is 0 Å². The topological polar surface area (TPSA) is 66.4 Å². The molecule has 0 saturated carbocycles. The van der Waals surface area contributed by atoms with Gasteiger partial charge >= 0.3 is 18.9 Å². The van der Waals surface area contributed by atoms with E-state index in [1.54, 1.807) is 0 Å². The van der Waals surface area contributed by atoms with Crippen LogP contribution in [0.2, 0.25) is 0 Å². The zero-order valence-electron chi connectivity index (χ0n) is 8.28. The SMILES string of the molecule is CCCCCCCOS(=O)(=O)[O-].[Li+]. The Bertz CT molecular complexity index is 191. The van der Waals surface area contributed by atoms with Crippen LogP contribution in [0, 0.1) is 0 Å². The van der Waals surface area contributed by atoms with Crippen LogP contribution in [0.5, 0.6) is 0 Å². The standard InChI is InChI=1S/C7H16O4S.Li/c1-2-3-4-5-6-7-11-12(8,9)10;/h2-7H2,1H3,(H,8,9,10);/q;+1/p-1. The van der Waals surface area contributed by atoms with E-state index < -0.39 is 10.4 Å². The van der Waals surface area contributed by atoms with Crippen LogP contribution in [-0.2, 0) is 14.6 Å². The van der Waals surface area contributed by atoms with E-state index in [-0.39, 0.29) is 25.5 Å². The maximum Gasteiger partial charge on any atom is 1.00 e. The average molecular weight is 202 g/mol. The molecule has 6 heteroatoms. The van der Waals surface area contributed by atoms with E-state index in [1.165, 1.54) is 0 Å². The van der Waals surface area contributed by atoms with Crippen LogP contribution >= 0.6 is 0 Å². The maximum atomic E-state index is 9.94. The van der Waals surface area contributed by atoms with Crippen LogP contribution in [-0.4, -0.2) is 19.6 Å². The number of unbranched alkanes of at least 4 members (excludes halogenated alkanes) is 4. The molecule has 0 radical (unpaired) electrons. The van der Waals surface area contributed by atoms with Gasteiger partial charge in [-0.3, -0.25) is 4.18 Å². The maximum absolute atomic E-state index is 9.94. The van der Waals surface area contributed by atoms with Crippen LogP contribution < -0.4 is 18.9 Å². The summed E-state index contributed by atoms with van der Waals surface area (Å²) in [5, 5.41) is 0. The zero-order valence-corrected chi connectivity index (χ0v) is 9.10. The van der Waals surface area contributed by atoms with E-state index in [1.807, 2.05) is 0 Å². The molecule has 4 nitrogen and oxygen atoms in total. The molecule has 0 N–H and O–H groups in total. The Labute approximate surface area is 92.2 Å². The molecule has 0 bridgehead atoms. The summed E-state index contributed by atoms with van der Waals surface area (Å²) in [6.07, 6.45) is 4.91. The normalized spacial score (nSPS) is 10.9. The quantitative estimate of drug-likeness (QED) is 0.217. The van der Waals surface area contributed by atoms with Gasteiger partial charge in [-0.2, -0.15) is 0 Å². The van der Waals surface area contributed by atoms with Gasteiger partial charge in [0.15, 0.2) is 0 Å². The third-order valence-electron chi connectivity index (χ3n) is 1.48. The molecule has 0 atom stereocenters. The Hall–Kier alpha value is 0.467. The smallest absolute Gasteiger partial charge is 0.726 e. The Morgan fingerprint density at radius 3 is 2.15 bits per heavy atom. The third-order valence-corrected chi connectivity index (χ3v) is 1.93. The molecule has 0 aliphatic heterocycles. The molecule has 0 amide bonds. The average Bonchev–Trinajstić information content (AvgIpc) is 1.94. The Morgan fingerprint density at radius 1 is 1.15 bits per heavy atom. The van der Waals surface area contributed by atoms with Crippen LogP contribution in [0.15, 0.2) is 0 Å². The monoisotopic (exact) mass is 202 g/mol. The van der Waals surface area contributed by atoms with Gasteiger partial charge < -0.3 is 4.55 Å². The van der Waals surface area contributed by atoms with Crippen molar-refractivity contribution >= 4 is 10.4 Å². The van der Waals surface area contributed by atoms with Gasteiger partial charge in [0, 0.05) is 0 Å². The van der Waals surface area contributed by atoms with Crippen molar-refractivity contribution in [1.29, 1.82) is 0 Å². The summed E-state index contributed by atoms with van der Waals surface area (Å²) >= 11 is 0. The zero-order chi connectivity index (χ0) is 9.45. The molecule has 0 aromatic heterocycles. The summed E-state index contributed by atoms with van der Waals surface area (Å²) in [5.41, 5.74) is 0. The van der Waals surface area contributed by atoms with Gasteiger partial charge in [-0.25, -0.2) is 8.42 Å². The summed E-state index contributed by atoms with van der Waals surface area (Å²) < 4.78 is 33.9. The minimum atomic E-state index is -4.47. The Balaban J connectivity index is 0. The van der Waals surface area contributed by atoms with Gasteiger partial charge in [0.1, 0.15) is 0 Å². The molecule has 0 aliphatic carbocycles. The number of hydrogen-bond donors (Lipinski definition) is 0. The molecule has 13 heavy (non-hydrogen) atoms. The second kappa shape index (κ2) is 9.04. The van der Waals surface area contributed by atoms with Crippen LogP contribution in [0.4, 0.5) is 0 Å². The molecule has 0 saturated heterocycles. The number of rotatable bonds is 7. The first-order valence-electron chi connectivity index (χ1n) is 4.16. The molecule has 0 fully saturated rings. The van der Waals surface area contributed by atoms with Gasteiger partial charge in [-0.15, -0.1) is 0 Å². The van der Waals surface area contributed by atoms with Crippen molar-refractivity contribution in [3.8, 4) is 0 Å². The predicted molar refractivity (Wildman–Crippen MR) is 44.4 cm³/mol. The fourth-order valence-corrected chi connectivity index (χ4v) is 1.19. The second-order valence-corrected chi connectivity index (χ2v) is 3.70. The summed E-state index contributed by atoms with van der Waals surface area (Å²) in [6.45, 7) is 2.12. The van der Waals surface area contributed by atoms with Gasteiger partial charge in [0.05, 0.1) is 6.61 Å². The summed E-state index contributed by atoms with van der Waals surface area (Å²) in [5.74, 6) is 0. The molecular formula is C7H15LiO4S. The van der Waals surface area contributed by atoms with E-state index in [0.29, 0.717) is 6.42 Å². The van der Waals surface area contributed by atoms with Crippen molar-refractivity contribution in [3.05, 3.63) is 0 Å². The van der Waals surface area contributed by atoms with Gasteiger partial charge in [-0.05, 0) is 6.42 Å². The van der Waals surface area contributed by atoms with Crippen molar-refractivity contribution in [1.82, 2.24) is 0 Å². The van der Waals surface area contributed by atoms with Gasteiger partial charge in [-0.1, -0.05) is 32.6 Å². The van der Waals surface area contributed by atoms with Crippen LogP contribution in [0.1, 0.15) is 39.0 Å².